The van der Waals surface area contributed by atoms with Crippen LogP contribution in [0.1, 0.15) is 5.56 Å². The minimum atomic E-state index is -3.10. The van der Waals surface area contributed by atoms with Gasteiger partial charge in [-0.1, -0.05) is 0 Å². The highest BCUT2D eigenvalue weighted by Crippen LogP contribution is 2.34. The van der Waals surface area contributed by atoms with E-state index in [0.29, 0.717) is 17.0 Å². The van der Waals surface area contributed by atoms with Crippen molar-refractivity contribution in [1.29, 1.82) is 0 Å². The van der Waals surface area contributed by atoms with E-state index in [4.69, 9.17) is 5.73 Å². The molecule has 4 nitrogen and oxygen atoms in total. The van der Waals surface area contributed by atoms with Crippen LogP contribution in [0.2, 0.25) is 0 Å². The Morgan fingerprint density at radius 2 is 2.06 bits per heavy atom. The molecule has 1 aliphatic heterocycles. The van der Waals surface area contributed by atoms with Gasteiger partial charge in [-0.2, -0.15) is 0 Å². The summed E-state index contributed by atoms with van der Waals surface area (Å²) in [5.41, 5.74) is 8.06. The van der Waals surface area contributed by atoms with Crippen LogP contribution in [0.25, 0.3) is 10.9 Å². The zero-order valence-electron chi connectivity index (χ0n) is 8.47. The number of pyridine rings is 1. The summed E-state index contributed by atoms with van der Waals surface area (Å²) < 4.78 is 23.5. The fraction of sp³-hybridized carbons (Fsp3) is 0.182. The Balaban J connectivity index is 2.52. The maximum atomic E-state index is 11.7. The van der Waals surface area contributed by atoms with Gasteiger partial charge in [-0.05, 0) is 30.2 Å². The normalized spacial score (nSPS) is 17.5. The van der Waals surface area contributed by atoms with Crippen LogP contribution in [-0.2, 0) is 16.3 Å². The topological polar surface area (TPSA) is 73.0 Å². The third-order valence-corrected chi connectivity index (χ3v) is 4.75. The fourth-order valence-electron chi connectivity index (χ4n) is 2.21. The number of aryl methyl sites for hydroxylation is 1. The molecule has 1 aromatic carbocycles. The molecule has 0 amide bonds. The summed E-state index contributed by atoms with van der Waals surface area (Å²) in [4.78, 5) is 4.61. The van der Waals surface area contributed by atoms with E-state index in [-0.39, 0.29) is 5.75 Å². The smallest absolute Gasteiger partial charge is 0.179 e. The standard InChI is InChI=1S/C11H10N2O2S/c12-8-3-5-13-9-1-2-10-7(11(8)9)4-6-16(10,14)15/h1-3,5H,4,6H2,(H2,12,13). The lowest BCUT2D eigenvalue weighted by atomic mass is 10.1. The summed E-state index contributed by atoms with van der Waals surface area (Å²) in [6, 6.07) is 5.05. The van der Waals surface area contributed by atoms with Crippen molar-refractivity contribution in [3.05, 3.63) is 30.0 Å². The second-order valence-corrected chi connectivity index (χ2v) is 5.98. The predicted octanol–water partition coefficient (Wildman–Crippen LogP) is 1.15. The van der Waals surface area contributed by atoms with Crippen LogP contribution in [0.3, 0.4) is 0 Å². The maximum absolute atomic E-state index is 11.7. The van der Waals surface area contributed by atoms with Gasteiger partial charge in [0.2, 0.25) is 0 Å². The van der Waals surface area contributed by atoms with Gasteiger partial charge in [0.1, 0.15) is 0 Å². The van der Waals surface area contributed by atoms with Gasteiger partial charge in [-0.3, -0.25) is 4.98 Å². The summed E-state index contributed by atoms with van der Waals surface area (Å²) in [5.74, 6) is 0.176. The fourth-order valence-corrected chi connectivity index (χ4v) is 3.76. The monoisotopic (exact) mass is 234 g/mol. The molecule has 0 saturated carbocycles. The van der Waals surface area contributed by atoms with Crippen molar-refractivity contribution in [3.8, 4) is 0 Å². The summed E-state index contributed by atoms with van der Waals surface area (Å²) in [6.45, 7) is 0. The summed E-state index contributed by atoms with van der Waals surface area (Å²) >= 11 is 0. The van der Waals surface area contributed by atoms with E-state index in [2.05, 4.69) is 4.98 Å². The lowest BCUT2D eigenvalue weighted by Crippen LogP contribution is -1.98. The molecule has 5 heteroatoms. The molecule has 0 bridgehead atoms. The van der Waals surface area contributed by atoms with E-state index in [0.717, 1.165) is 16.5 Å². The lowest BCUT2D eigenvalue weighted by Gasteiger charge is -2.05. The van der Waals surface area contributed by atoms with Gasteiger partial charge in [0.05, 0.1) is 16.2 Å². The molecular formula is C11H10N2O2S. The first-order valence-corrected chi connectivity index (χ1v) is 6.64. The molecule has 2 N–H and O–H groups in total. The van der Waals surface area contributed by atoms with Crippen LogP contribution < -0.4 is 5.73 Å². The van der Waals surface area contributed by atoms with Crippen molar-refractivity contribution >= 4 is 26.4 Å². The number of sulfone groups is 1. The van der Waals surface area contributed by atoms with Crippen LogP contribution in [0.5, 0.6) is 0 Å². The number of nitrogens with zero attached hydrogens (tertiary/aromatic N) is 1. The van der Waals surface area contributed by atoms with E-state index < -0.39 is 9.84 Å². The van der Waals surface area contributed by atoms with Crippen molar-refractivity contribution in [3.63, 3.8) is 0 Å². The zero-order chi connectivity index (χ0) is 11.3. The van der Waals surface area contributed by atoms with Crippen LogP contribution >= 0.6 is 0 Å². The van der Waals surface area contributed by atoms with Gasteiger partial charge in [-0.15, -0.1) is 0 Å². The van der Waals surface area contributed by atoms with Crippen LogP contribution in [0, 0.1) is 0 Å². The Hall–Kier alpha value is -1.62. The van der Waals surface area contributed by atoms with Crippen molar-refractivity contribution in [2.45, 2.75) is 11.3 Å². The highest BCUT2D eigenvalue weighted by atomic mass is 32.2. The van der Waals surface area contributed by atoms with Crippen molar-refractivity contribution in [1.82, 2.24) is 4.98 Å². The first-order valence-electron chi connectivity index (χ1n) is 4.98. The van der Waals surface area contributed by atoms with E-state index in [1.165, 1.54) is 0 Å². The molecule has 82 valence electrons. The number of nitrogen functional groups attached to an aromatic ring is 1. The minimum absolute atomic E-state index is 0.176. The van der Waals surface area contributed by atoms with Crippen molar-refractivity contribution in [2.75, 3.05) is 11.5 Å². The minimum Gasteiger partial charge on any atom is -0.398 e. The van der Waals surface area contributed by atoms with Gasteiger partial charge in [0.25, 0.3) is 0 Å². The van der Waals surface area contributed by atoms with Gasteiger partial charge in [-0.25, -0.2) is 8.42 Å². The molecule has 2 heterocycles. The van der Waals surface area contributed by atoms with E-state index in [1.807, 2.05) is 0 Å². The number of aromatic nitrogens is 1. The quantitative estimate of drug-likeness (QED) is 0.742. The SMILES string of the molecule is Nc1ccnc2ccc3c(c12)CCS3(=O)=O. The van der Waals surface area contributed by atoms with Crippen LogP contribution in [-0.4, -0.2) is 19.2 Å². The number of anilines is 1. The molecule has 1 aliphatic rings. The predicted molar refractivity (Wildman–Crippen MR) is 61.9 cm³/mol. The second-order valence-electron chi connectivity index (χ2n) is 3.91. The Bertz CT molecular complexity index is 692. The molecule has 0 saturated heterocycles. The van der Waals surface area contributed by atoms with Crippen molar-refractivity contribution in [2.24, 2.45) is 0 Å². The molecule has 1 aromatic heterocycles. The molecule has 0 atom stereocenters. The summed E-state index contributed by atoms with van der Waals surface area (Å²) in [5, 5.41) is 0.793. The number of hydrogen-bond donors (Lipinski definition) is 1. The largest absolute Gasteiger partial charge is 0.398 e. The average Bonchev–Trinajstić information content (AvgIpc) is 2.55. The molecule has 0 spiro atoms. The third kappa shape index (κ3) is 1.15. The Morgan fingerprint density at radius 1 is 1.25 bits per heavy atom. The summed E-state index contributed by atoms with van der Waals surface area (Å²) in [7, 11) is -3.10. The second kappa shape index (κ2) is 2.95. The highest BCUT2D eigenvalue weighted by molar-refractivity contribution is 7.91. The van der Waals surface area contributed by atoms with E-state index in [9.17, 15) is 8.42 Å². The summed E-state index contributed by atoms with van der Waals surface area (Å²) in [6.07, 6.45) is 2.17. The average molecular weight is 234 g/mol. The van der Waals surface area contributed by atoms with Crippen LogP contribution in [0.4, 0.5) is 5.69 Å². The van der Waals surface area contributed by atoms with Crippen LogP contribution in [0.15, 0.2) is 29.3 Å². The molecule has 2 aromatic rings. The number of benzene rings is 1. The zero-order valence-corrected chi connectivity index (χ0v) is 9.29. The Kier molecular flexibility index (Phi) is 1.77. The third-order valence-electron chi connectivity index (χ3n) is 2.96. The van der Waals surface area contributed by atoms with Gasteiger partial charge >= 0.3 is 0 Å². The Morgan fingerprint density at radius 3 is 2.88 bits per heavy atom. The molecule has 0 fully saturated rings. The molecule has 3 rings (SSSR count). The molecule has 16 heavy (non-hydrogen) atoms. The Labute approximate surface area is 93.0 Å². The van der Waals surface area contributed by atoms with Gasteiger partial charge in [0, 0.05) is 17.3 Å². The first-order chi connectivity index (χ1) is 7.59. The number of hydrogen-bond acceptors (Lipinski definition) is 4. The van der Waals surface area contributed by atoms with E-state index >= 15 is 0 Å². The first kappa shape index (κ1) is 9.59. The highest BCUT2D eigenvalue weighted by Gasteiger charge is 2.28. The van der Waals surface area contributed by atoms with Gasteiger partial charge in [0.15, 0.2) is 9.84 Å². The van der Waals surface area contributed by atoms with Gasteiger partial charge < -0.3 is 5.73 Å². The lowest BCUT2D eigenvalue weighted by molar-refractivity contribution is 0.600. The van der Waals surface area contributed by atoms with Crippen molar-refractivity contribution < 1.29 is 8.42 Å². The molecule has 0 aliphatic carbocycles. The number of nitrogens with two attached hydrogens (primary N) is 1. The number of fused-ring (bicyclic) bond motifs is 3. The molecular weight excluding hydrogens is 224 g/mol. The molecule has 0 unspecified atom stereocenters. The van der Waals surface area contributed by atoms with E-state index in [1.54, 1.807) is 24.4 Å². The molecule has 0 radical (unpaired) electrons. The maximum Gasteiger partial charge on any atom is 0.179 e. The number of rotatable bonds is 0.